The molecular weight excluding hydrogens is 200 g/mol. The molecule has 1 rings (SSSR count). The Hall–Kier alpha value is -0.800. The zero-order chi connectivity index (χ0) is 10.6. The van der Waals surface area contributed by atoms with Gasteiger partial charge in [-0.1, -0.05) is 18.5 Å². The topological polar surface area (TPSA) is 45.1 Å². The molecule has 1 heterocycles. The molecule has 0 fully saturated rings. The van der Waals surface area contributed by atoms with Crippen molar-refractivity contribution in [1.82, 2.24) is 4.98 Å². The summed E-state index contributed by atoms with van der Waals surface area (Å²) in [5, 5.41) is 12.7. The molecule has 2 N–H and O–H groups in total. The molecular formula is C10H15ClN2O. The average Bonchev–Trinajstić information content (AvgIpc) is 2.20. The van der Waals surface area contributed by atoms with Gasteiger partial charge in [-0.05, 0) is 25.0 Å². The summed E-state index contributed by atoms with van der Waals surface area (Å²) >= 11 is 6.04. The number of anilines is 1. The van der Waals surface area contributed by atoms with Gasteiger partial charge in [0.1, 0.15) is 5.82 Å². The lowest BCUT2D eigenvalue weighted by atomic mass is 10.2. The Morgan fingerprint density at radius 3 is 2.93 bits per heavy atom. The highest BCUT2D eigenvalue weighted by molar-refractivity contribution is 6.33. The lowest BCUT2D eigenvalue weighted by molar-refractivity contribution is 0.271. The van der Waals surface area contributed by atoms with E-state index in [1.54, 1.807) is 6.20 Å². The molecule has 1 aromatic rings. The van der Waals surface area contributed by atoms with E-state index in [-0.39, 0.29) is 12.6 Å². The molecule has 0 bridgehead atoms. The second-order valence-corrected chi connectivity index (χ2v) is 3.60. The van der Waals surface area contributed by atoms with E-state index < -0.39 is 0 Å². The van der Waals surface area contributed by atoms with Gasteiger partial charge in [0.15, 0.2) is 0 Å². The molecule has 0 aliphatic carbocycles. The van der Waals surface area contributed by atoms with Crippen molar-refractivity contribution >= 4 is 17.4 Å². The Bertz CT molecular complexity index is 300. The minimum absolute atomic E-state index is 0.0156. The van der Waals surface area contributed by atoms with Gasteiger partial charge in [0.25, 0.3) is 0 Å². The normalized spacial score (nSPS) is 12.6. The van der Waals surface area contributed by atoms with Crippen molar-refractivity contribution < 1.29 is 5.11 Å². The summed E-state index contributed by atoms with van der Waals surface area (Å²) in [5.41, 5.74) is 0.983. The number of pyridine rings is 1. The standard InChI is InChI=1S/C10H15ClN2O/c1-3-8(6-14)13-10-9(11)7(2)4-5-12-10/h4-5,8,14H,3,6H2,1-2H3,(H,12,13)/t8-/m0/s1. The van der Waals surface area contributed by atoms with Crippen LogP contribution in [0.25, 0.3) is 0 Å². The second kappa shape index (κ2) is 5.17. The van der Waals surface area contributed by atoms with Gasteiger partial charge >= 0.3 is 0 Å². The number of hydrogen-bond donors (Lipinski definition) is 2. The fraction of sp³-hybridized carbons (Fsp3) is 0.500. The van der Waals surface area contributed by atoms with Crippen LogP contribution in [0, 0.1) is 6.92 Å². The Kier molecular flexibility index (Phi) is 4.17. The van der Waals surface area contributed by atoms with Crippen molar-refractivity contribution in [3.63, 3.8) is 0 Å². The summed E-state index contributed by atoms with van der Waals surface area (Å²) in [6, 6.07) is 1.87. The lowest BCUT2D eigenvalue weighted by Crippen LogP contribution is -2.23. The second-order valence-electron chi connectivity index (χ2n) is 3.22. The van der Waals surface area contributed by atoms with Gasteiger partial charge < -0.3 is 10.4 Å². The maximum Gasteiger partial charge on any atom is 0.145 e. The van der Waals surface area contributed by atoms with E-state index >= 15 is 0 Å². The third-order valence-electron chi connectivity index (χ3n) is 2.14. The summed E-state index contributed by atoms with van der Waals surface area (Å²) < 4.78 is 0. The largest absolute Gasteiger partial charge is 0.394 e. The molecule has 78 valence electrons. The van der Waals surface area contributed by atoms with Crippen molar-refractivity contribution in [2.75, 3.05) is 11.9 Å². The number of aliphatic hydroxyl groups excluding tert-OH is 1. The number of aryl methyl sites for hydroxylation is 1. The van der Waals surface area contributed by atoms with Gasteiger partial charge in [-0.15, -0.1) is 0 Å². The fourth-order valence-corrected chi connectivity index (χ4v) is 1.28. The van der Waals surface area contributed by atoms with Gasteiger partial charge in [-0.25, -0.2) is 4.98 Å². The highest BCUT2D eigenvalue weighted by Crippen LogP contribution is 2.23. The van der Waals surface area contributed by atoms with Crippen LogP contribution in [0.5, 0.6) is 0 Å². The maximum atomic E-state index is 9.01. The highest BCUT2D eigenvalue weighted by Gasteiger charge is 2.09. The van der Waals surface area contributed by atoms with Crippen LogP contribution in [0.1, 0.15) is 18.9 Å². The molecule has 0 saturated heterocycles. The van der Waals surface area contributed by atoms with Gasteiger partial charge in [0.2, 0.25) is 0 Å². The summed E-state index contributed by atoms with van der Waals surface area (Å²) in [4.78, 5) is 4.12. The minimum Gasteiger partial charge on any atom is -0.394 e. The summed E-state index contributed by atoms with van der Waals surface area (Å²) in [7, 11) is 0. The first-order valence-electron chi connectivity index (χ1n) is 4.67. The quantitative estimate of drug-likeness (QED) is 0.808. The SMILES string of the molecule is CC[C@@H](CO)Nc1nccc(C)c1Cl. The number of halogens is 1. The average molecular weight is 215 g/mol. The van der Waals surface area contributed by atoms with E-state index in [4.69, 9.17) is 16.7 Å². The number of nitrogens with zero attached hydrogens (tertiary/aromatic N) is 1. The minimum atomic E-state index is 0.0156. The third kappa shape index (κ3) is 2.59. The summed E-state index contributed by atoms with van der Waals surface area (Å²) in [5.74, 6) is 0.646. The van der Waals surface area contributed by atoms with Gasteiger partial charge in [0, 0.05) is 6.20 Å². The third-order valence-corrected chi connectivity index (χ3v) is 2.61. The van der Waals surface area contributed by atoms with Crippen LogP contribution in [-0.4, -0.2) is 22.7 Å². The first kappa shape index (κ1) is 11.3. The molecule has 4 heteroatoms. The van der Waals surface area contributed by atoms with Crippen LogP contribution in [0.3, 0.4) is 0 Å². The molecule has 3 nitrogen and oxygen atoms in total. The van der Waals surface area contributed by atoms with Crippen molar-refractivity contribution in [3.8, 4) is 0 Å². The molecule has 0 unspecified atom stereocenters. The number of hydrogen-bond acceptors (Lipinski definition) is 3. The van der Waals surface area contributed by atoms with E-state index in [1.165, 1.54) is 0 Å². The first-order chi connectivity index (χ1) is 6.69. The molecule has 0 aliphatic rings. The molecule has 0 aliphatic heterocycles. The van der Waals surface area contributed by atoms with Gasteiger partial charge in [0.05, 0.1) is 17.7 Å². The van der Waals surface area contributed by atoms with Crippen LogP contribution in [-0.2, 0) is 0 Å². The molecule has 0 spiro atoms. The van der Waals surface area contributed by atoms with Crippen molar-refractivity contribution in [3.05, 3.63) is 22.8 Å². The van der Waals surface area contributed by atoms with E-state index in [0.717, 1.165) is 12.0 Å². The maximum absolute atomic E-state index is 9.01. The predicted molar refractivity (Wildman–Crippen MR) is 58.8 cm³/mol. The van der Waals surface area contributed by atoms with Crippen LogP contribution in [0.4, 0.5) is 5.82 Å². The van der Waals surface area contributed by atoms with Crippen molar-refractivity contribution in [2.24, 2.45) is 0 Å². The Morgan fingerprint density at radius 2 is 2.36 bits per heavy atom. The molecule has 0 aromatic carbocycles. The monoisotopic (exact) mass is 214 g/mol. The van der Waals surface area contributed by atoms with E-state index in [1.807, 2.05) is 19.9 Å². The highest BCUT2D eigenvalue weighted by atomic mass is 35.5. The Morgan fingerprint density at radius 1 is 1.64 bits per heavy atom. The van der Waals surface area contributed by atoms with Crippen molar-refractivity contribution in [1.29, 1.82) is 0 Å². The Balaban J connectivity index is 2.80. The first-order valence-corrected chi connectivity index (χ1v) is 5.05. The molecule has 0 amide bonds. The molecule has 1 aromatic heterocycles. The molecule has 14 heavy (non-hydrogen) atoms. The number of aromatic nitrogens is 1. The van der Waals surface area contributed by atoms with Crippen LogP contribution >= 0.6 is 11.6 Å². The van der Waals surface area contributed by atoms with Crippen LogP contribution < -0.4 is 5.32 Å². The zero-order valence-electron chi connectivity index (χ0n) is 8.42. The summed E-state index contributed by atoms with van der Waals surface area (Å²) in [6.07, 6.45) is 2.54. The number of nitrogens with one attached hydrogen (secondary N) is 1. The van der Waals surface area contributed by atoms with Gasteiger partial charge in [-0.2, -0.15) is 0 Å². The molecule has 1 atom stereocenters. The lowest BCUT2D eigenvalue weighted by Gasteiger charge is -2.16. The number of rotatable bonds is 4. The number of aliphatic hydroxyl groups is 1. The van der Waals surface area contributed by atoms with Crippen LogP contribution in [0.2, 0.25) is 5.02 Å². The van der Waals surface area contributed by atoms with Crippen molar-refractivity contribution in [2.45, 2.75) is 26.3 Å². The summed E-state index contributed by atoms with van der Waals surface area (Å²) in [6.45, 7) is 4.01. The smallest absolute Gasteiger partial charge is 0.145 e. The van der Waals surface area contributed by atoms with E-state index in [2.05, 4.69) is 10.3 Å². The fourth-order valence-electron chi connectivity index (χ4n) is 1.11. The van der Waals surface area contributed by atoms with Gasteiger partial charge in [-0.3, -0.25) is 0 Å². The zero-order valence-corrected chi connectivity index (χ0v) is 9.17. The predicted octanol–water partition coefficient (Wildman–Crippen LogP) is 2.23. The van der Waals surface area contributed by atoms with Crippen LogP contribution in [0.15, 0.2) is 12.3 Å². The molecule has 0 saturated carbocycles. The Labute approximate surface area is 89.1 Å². The molecule has 0 radical (unpaired) electrons. The van der Waals surface area contributed by atoms with E-state index in [0.29, 0.717) is 10.8 Å². The van der Waals surface area contributed by atoms with E-state index in [9.17, 15) is 0 Å².